The van der Waals surface area contributed by atoms with Crippen LogP contribution < -0.4 is 4.90 Å². The quantitative estimate of drug-likeness (QED) is 0.832. The van der Waals surface area contributed by atoms with Crippen LogP contribution in [0.15, 0.2) is 18.3 Å². The Morgan fingerprint density at radius 1 is 1.43 bits per heavy atom. The number of nitrogens with zero attached hydrogens (tertiary/aromatic N) is 3. The molecule has 1 saturated heterocycles. The van der Waals surface area contributed by atoms with E-state index in [9.17, 15) is 13.2 Å². The van der Waals surface area contributed by atoms with Gasteiger partial charge in [0.2, 0.25) is 0 Å². The van der Waals surface area contributed by atoms with Crippen molar-refractivity contribution in [2.45, 2.75) is 25.9 Å². The van der Waals surface area contributed by atoms with Gasteiger partial charge in [-0.1, -0.05) is 6.92 Å². The highest BCUT2D eigenvalue weighted by molar-refractivity contribution is 5.49. The zero-order valence-corrected chi connectivity index (χ0v) is 12.5. The van der Waals surface area contributed by atoms with E-state index in [4.69, 9.17) is 0 Å². The van der Waals surface area contributed by atoms with E-state index in [2.05, 4.69) is 23.9 Å². The van der Waals surface area contributed by atoms with Crippen LogP contribution in [0.5, 0.6) is 0 Å². The Morgan fingerprint density at radius 2 is 2.19 bits per heavy atom. The van der Waals surface area contributed by atoms with Crippen molar-refractivity contribution in [1.82, 2.24) is 9.88 Å². The summed E-state index contributed by atoms with van der Waals surface area (Å²) in [6.45, 7) is 5.37. The molecule has 0 spiro atoms. The largest absolute Gasteiger partial charge is 0.419 e. The van der Waals surface area contributed by atoms with Crippen LogP contribution in [0.4, 0.5) is 19.0 Å². The summed E-state index contributed by atoms with van der Waals surface area (Å²) in [5, 5.41) is 0. The summed E-state index contributed by atoms with van der Waals surface area (Å²) in [5.74, 6) is 0.482. The highest BCUT2D eigenvalue weighted by atomic mass is 19.4. The molecule has 0 N–H and O–H groups in total. The molecule has 0 aromatic carbocycles. The van der Waals surface area contributed by atoms with E-state index in [0.29, 0.717) is 19.0 Å². The lowest BCUT2D eigenvalue weighted by Crippen LogP contribution is -2.29. The van der Waals surface area contributed by atoms with Gasteiger partial charge in [-0.15, -0.1) is 0 Å². The molecule has 0 unspecified atom stereocenters. The molecule has 3 nitrogen and oxygen atoms in total. The number of alkyl halides is 3. The van der Waals surface area contributed by atoms with Crippen molar-refractivity contribution >= 4 is 5.82 Å². The number of halogens is 3. The number of hydrogen-bond donors (Lipinski definition) is 0. The lowest BCUT2D eigenvalue weighted by Gasteiger charge is -2.23. The molecular weight excluding hydrogens is 279 g/mol. The van der Waals surface area contributed by atoms with Gasteiger partial charge in [0, 0.05) is 25.8 Å². The van der Waals surface area contributed by atoms with Crippen LogP contribution in [-0.2, 0) is 6.18 Å². The highest BCUT2D eigenvalue weighted by Gasteiger charge is 2.37. The number of rotatable bonds is 5. The molecule has 1 atom stereocenters. The predicted octanol–water partition coefficient (Wildman–Crippen LogP) is 3.27. The van der Waals surface area contributed by atoms with Gasteiger partial charge in [-0.25, -0.2) is 4.98 Å². The monoisotopic (exact) mass is 301 g/mol. The maximum Gasteiger partial charge on any atom is 0.419 e. The van der Waals surface area contributed by atoms with Crippen LogP contribution in [0, 0.1) is 5.92 Å². The zero-order valence-electron chi connectivity index (χ0n) is 12.5. The summed E-state index contributed by atoms with van der Waals surface area (Å²) in [6.07, 6.45) is -0.908. The Labute approximate surface area is 123 Å². The van der Waals surface area contributed by atoms with Crippen molar-refractivity contribution in [3.05, 3.63) is 23.9 Å². The van der Waals surface area contributed by atoms with Gasteiger partial charge in [0.1, 0.15) is 5.82 Å². The maximum atomic E-state index is 13.0. The van der Waals surface area contributed by atoms with Gasteiger partial charge in [0.15, 0.2) is 0 Å². The van der Waals surface area contributed by atoms with Crippen molar-refractivity contribution < 1.29 is 13.2 Å². The fraction of sp³-hybridized carbons (Fsp3) is 0.667. The minimum Gasteiger partial charge on any atom is -0.356 e. The summed E-state index contributed by atoms with van der Waals surface area (Å²) in [7, 11) is 2.06. The van der Waals surface area contributed by atoms with E-state index in [1.54, 1.807) is 4.90 Å². The second-order valence-electron chi connectivity index (χ2n) is 5.74. The molecule has 6 heteroatoms. The third-order valence-corrected chi connectivity index (χ3v) is 3.85. The van der Waals surface area contributed by atoms with Gasteiger partial charge >= 0.3 is 6.18 Å². The molecule has 21 heavy (non-hydrogen) atoms. The third-order valence-electron chi connectivity index (χ3n) is 3.85. The van der Waals surface area contributed by atoms with Crippen LogP contribution in [0.3, 0.4) is 0 Å². The Morgan fingerprint density at radius 3 is 2.86 bits per heavy atom. The van der Waals surface area contributed by atoms with E-state index in [-0.39, 0.29) is 5.82 Å². The number of aromatic nitrogens is 1. The molecule has 0 saturated carbocycles. The Balaban J connectivity index is 2.05. The first kappa shape index (κ1) is 16.1. The van der Waals surface area contributed by atoms with E-state index in [1.165, 1.54) is 12.3 Å². The summed E-state index contributed by atoms with van der Waals surface area (Å²) >= 11 is 0. The fourth-order valence-electron chi connectivity index (χ4n) is 2.96. The van der Waals surface area contributed by atoms with Gasteiger partial charge in [0.25, 0.3) is 0 Å². The van der Waals surface area contributed by atoms with E-state index in [1.807, 2.05) is 0 Å². The fourth-order valence-corrected chi connectivity index (χ4v) is 2.96. The standard InChI is InChI=1S/C15H22F3N3/c1-3-8-20(2)10-12-6-9-21(11-12)14-13(15(16,17)18)5-4-7-19-14/h4-5,7,12H,3,6,8-11H2,1-2H3/t12-/m1/s1. The van der Waals surface area contributed by atoms with Crippen molar-refractivity contribution in [2.24, 2.45) is 5.92 Å². The van der Waals surface area contributed by atoms with Crippen LogP contribution in [0.2, 0.25) is 0 Å². The molecule has 0 amide bonds. The summed E-state index contributed by atoms with van der Waals surface area (Å²) in [6, 6.07) is 2.45. The Kier molecular flexibility index (Phi) is 5.08. The lowest BCUT2D eigenvalue weighted by atomic mass is 10.1. The van der Waals surface area contributed by atoms with Crippen LogP contribution >= 0.6 is 0 Å². The van der Waals surface area contributed by atoms with Gasteiger partial charge in [-0.05, 0) is 44.5 Å². The Bertz CT molecular complexity index is 462. The third kappa shape index (κ3) is 4.09. The molecule has 2 rings (SSSR count). The molecule has 1 aromatic rings. The second-order valence-corrected chi connectivity index (χ2v) is 5.74. The average Bonchev–Trinajstić information content (AvgIpc) is 2.86. The van der Waals surface area contributed by atoms with Crippen molar-refractivity contribution in [2.75, 3.05) is 38.1 Å². The Hall–Kier alpha value is -1.30. The SMILES string of the molecule is CCCN(C)C[C@H]1CCN(c2ncccc2C(F)(F)F)C1. The maximum absolute atomic E-state index is 13.0. The highest BCUT2D eigenvalue weighted by Crippen LogP contribution is 2.36. The van der Waals surface area contributed by atoms with E-state index in [0.717, 1.165) is 32.0 Å². The van der Waals surface area contributed by atoms with Crippen molar-refractivity contribution in [3.8, 4) is 0 Å². The molecule has 0 bridgehead atoms. The zero-order chi connectivity index (χ0) is 15.5. The van der Waals surface area contributed by atoms with Crippen LogP contribution in [0.1, 0.15) is 25.3 Å². The van der Waals surface area contributed by atoms with Gasteiger partial charge < -0.3 is 9.80 Å². The summed E-state index contributed by atoms with van der Waals surface area (Å²) in [5.41, 5.74) is -0.632. The minimum atomic E-state index is -4.35. The second kappa shape index (κ2) is 6.64. The lowest BCUT2D eigenvalue weighted by molar-refractivity contribution is -0.137. The van der Waals surface area contributed by atoms with Gasteiger partial charge in [-0.3, -0.25) is 0 Å². The molecule has 1 aliphatic heterocycles. The molecule has 1 aliphatic rings. The summed E-state index contributed by atoms with van der Waals surface area (Å²) in [4.78, 5) is 7.99. The number of hydrogen-bond acceptors (Lipinski definition) is 3. The van der Waals surface area contributed by atoms with Crippen molar-refractivity contribution in [3.63, 3.8) is 0 Å². The van der Waals surface area contributed by atoms with E-state index >= 15 is 0 Å². The molecular formula is C15H22F3N3. The molecule has 0 aliphatic carbocycles. The normalized spacial score (nSPS) is 19.5. The van der Waals surface area contributed by atoms with Crippen LogP contribution in [-0.4, -0.2) is 43.1 Å². The van der Waals surface area contributed by atoms with Gasteiger partial charge in [0.05, 0.1) is 5.56 Å². The number of anilines is 1. The van der Waals surface area contributed by atoms with Crippen molar-refractivity contribution in [1.29, 1.82) is 0 Å². The van der Waals surface area contributed by atoms with E-state index < -0.39 is 11.7 Å². The first-order chi connectivity index (χ1) is 9.91. The molecule has 2 heterocycles. The van der Waals surface area contributed by atoms with Crippen LogP contribution in [0.25, 0.3) is 0 Å². The number of pyridine rings is 1. The first-order valence-electron chi connectivity index (χ1n) is 7.37. The summed E-state index contributed by atoms with van der Waals surface area (Å²) < 4.78 is 39.1. The molecule has 1 aromatic heterocycles. The molecule has 0 radical (unpaired) electrons. The molecule has 1 fully saturated rings. The topological polar surface area (TPSA) is 19.4 Å². The predicted molar refractivity (Wildman–Crippen MR) is 77.3 cm³/mol. The smallest absolute Gasteiger partial charge is 0.356 e. The molecule has 118 valence electrons. The average molecular weight is 301 g/mol. The first-order valence-corrected chi connectivity index (χ1v) is 7.37. The minimum absolute atomic E-state index is 0.0747. The van der Waals surface area contributed by atoms with Gasteiger partial charge in [-0.2, -0.15) is 13.2 Å².